The molecule has 0 unspecified atom stereocenters. The molecular weight excluding hydrogens is 368 g/mol. The zero-order valence-electron chi connectivity index (χ0n) is 14.4. The van der Waals surface area contributed by atoms with Gasteiger partial charge in [0.1, 0.15) is 4.90 Å². The monoisotopic (exact) mass is 388 g/mol. The molecule has 9 heteroatoms. The van der Waals surface area contributed by atoms with Gasteiger partial charge in [-0.05, 0) is 44.5 Å². The van der Waals surface area contributed by atoms with Gasteiger partial charge in [0.2, 0.25) is 0 Å². The van der Waals surface area contributed by atoms with E-state index in [1.54, 1.807) is 13.8 Å². The van der Waals surface area contributed by atoms with Crippen LogP contribution in [0, 0.1) is 6.92 Å². The summed E-state index contributed by atoms with van der Waals surface area (Å²) in [6.45, 7) is 5.41. The number of sulfonamides is 1. The van der Waals surface area contributed by atoms with Crippen molar-refractivity contribution in [3.63, 3.8) is 0 Å². The number of aryl methyl sites for hydroxylation is 1. The molecule has 7 nitrogen and oxygen atoms in total. The van der Waals surface area contributed by atoms with Crippen molar-refractivity contribution < 1.29 is 13.2 Å². The third-order valence-electron chi connectivity index (χ3n) is 3.02. The Morgan fingerprint density at radius 1 is 1.20 bits per heavy atom. The van der Waals surface area contributed by atoms with Crippen LogP contribution in [0.25, 0.3) is 0 Å². The van der Waals surface area contributed by atoms with Gasteiger partial charge in [0, 0.05) is 61.9 Å². The van der Waals surface area contributed by atoms with E-state index in [0.29, 0.717) is 5.69 Å². The average molecular weight is 389 g/mol. The molecule has 1 aromatic carbocycles. The second-order valence-electron chi connectivity index (χ2n) is 5.60. The predicted octanol–water partition coefficient (Wildman–Crippen LogP) is 2.15. The van der Waals surface area contributed by atoms with Crippen molar-refractivity contribution in [2.24, 2.45) is 0 Å². The molecule has 0 atom stereocenters. The summed E-state index contributed by atoms with van der Waals surface area (Å²) >= 11 is 0. The first-order valence-corrected chi connectivity index (χ1v) is 8.87. The number of nitrogens with zero attached hydrogens (tertiary/aromatic N) is 1. The first-order chi connectivity index (χ1) is 11.3. The number of hydrogen-bond acceptors (Lipinski definition) is 5. The molecule has 0 bridgehead atoms. The van der Waals surface area contributed by atoms with Crippen molar-refractivity contribution in [2.45, 2.75) is 31.7 Å². The van der Waals surface area contributed by atoms with E-state index in [1.807, 2.05) is 35.9 Å². The van der Waals surface area contributed by atoms with Gasteiger partial charge >= 0.3 is 6.03 Å². The van der Waals surface area contributed by atoms with Crippen LogP contribution in [-0.2, 0) is 10.0 Å². The van der Waals surface area contributed by atoms with Gasteiger partial charge in [-0.2, -0.15) is 0 Å². The fourth-order valence-electron chi connectivity index (χ4n) is 2.04. The van der Waals surface area contributed by atoms with E-state index in [9.17, 15) is 13.2 Å². The molecule has 2 aromatic rings. The van der Waals surface area contributed by atoms with E-state index in [-0.39, 0.29) is 48.7 Å². The third-order valence-corrected chi connectivity index (χ3v) is 4.38. The summed E-state index contributed by atoms with van der Waals surface area (Å²) in [4.78, 5) is 15.5. The predicted molar refractivity (Wildman–Crippen MR) is 98.4 cm³/mol. The molecule has 0 spiro atoms. The second-order valence-corrected chi connectivity index (χ2v) is 7.25. The molecule has 0 aliphatic rings. The van der Waals surface area contributed by atoms with Gasteiger partial charge in [-0.25, -0.2) is 17.9 Å². The molecule has 0 fully saturated rings. The van der Waals surface area contributed by atoms with Crippen molar-refractivity contribution in [1.29, 1.82) is 0 Å². The fourth-order valence-corrected chi connectivity index (χ4v) is 3.07. The fraction of sp³-hybridized carbons (Fsp3) is 0.250. The summed E-state index contributed by atoms with van der Waals surface area (Å²) < 4.78 is 26.9. The normalized spacial score (nSPS) is 10.7. The van der Waals surface area contributed by atoms with E-state index in [1.165, 1.54) is 18.5 Å². The van der Waals surface area contributed by atoms with Crippen molar-refractivity contribution in [3.05, 3.63) is 48.3 Å². The number of hydrogen-bond donors (Lipinski definition) is 3. The average Bonchev–Trinajstić information content (AvgIpc) is 2.46. The van der Waals surface area contributed by atoms with E-state index < -0.39 is 16.1 Å². The Morgan fingerprint density at radius 2 is 1.92 bits per heavy atom. The maximum Gasteiger partial charge on any atom is 0.328 e. The number of benzene rings is 1. The molecule has 0 aliphatic carbocycles. The van der Waals surface area contributed by atoms with E-state index in [4.69, 9.17) is 0 Å². The molecule has 2 amide bonds. The van der Waals surface area contributed by atoms with Crippen LogP contribution in [0.3, 0.4) is 0 Å². The molecule has 25 heavy (non-hydrogen) atoms. The number of anilines is 2. The van der Waals surface area contributed by atoms with Crippen molar-refractivity contribution in [1.82, 2.24) is 15.0 Å². The number of pyridine rings is 1. The standard InChI is InChI=1S/C16H20N4O3S.Ca/c1-11(2)18-16(21)20-24(22,23)15-10-17-8-7-14(15)19-13-6-4-5-12(3)9-13;/h4-11H,1-3H3,(H,17,19)(H2,18,20,21);. The minimum absolute atomic E-state index is 0. The molecule has 3 N–H and O–H groups in total. The Morgan fingerprint density at radius 3 is 2.56 bits per heavy atom. The van der Waals surface area contributed by atoms with Crippen molar-refractivity contribution in [2.75, 3.05) is 5.32 Å². The second kappa shape index (κ2) is 9.38. The Balaban J connectivity index is 0.00000312. The summed E-state index contributed by atoms with van der Waals surface area (Å²) in [7, 11) is -4.05. The Bertz CT molecular complexity index is 841. The van der Waals surface area contributed by atoms with Gasteiger partial charge < -0.3 is 10.6 Å². The number of urea groups is 1. The molecule has 1 heterocycles. The molecule has 0 aliphatic heterocycles. The quantitative estimate of drug-likeness (QED) is 0.682. The number of carbonyl (C=O) groups is 1. The summed E-state index contributed by atoms with van der Waals surface area (Å²) in [6, 6.07) is 8.08. The third kappa shape index (κ3) is 6.47. The van der Waals surface area contributed by atoms with Crippen molar-refractivity contribution >= 4 is 65.2 Å². The summed E-state index contributed by atoms with van der Waals surface area (Å²) in [6.07, 6.45) is 2.68. The van der Waals surface area contributed by atoms with Gasteiger partial charge in [-0.3, -0.25) is 4.98 Å². The van der Waals surface area contributed by atoms with Crippen LogP contribution in [0.1, 0.15) is 19.4 Å². The number of carbonyl (C=O) groups excluding carboxylic acids is 1. The van der Waals surface area contributed by atoms with Gasteiger partial charge in [-0.15, -0.1) is 0 Å². The zero-order valence-corrected chi connectivity index (χ0v) is 17.4. The van der Waals surface area contributed by atoms with Gasteiger partial charge in [0.05, 0.1) is 5.69 Å². The first kappa shape index (κ1) is 21.7. The summed E-state index contributed by atoms with van der Waals surface area (Å²) in [5.74, 6) is 0. The molecule has 0 saturated carbocycles. The van der Waals surface area contributed by atoms with E-state index in [2.05, 4.69) is 15.6 Å². The van der Waals surface area contributed by atoms with Crippen molar-refractivity contribution in [3.8, 4) is 0 Å². The Kier molecular flexibility index (Phi) is 8.14. The van der Waals surface area contributed by atoms with Crippen LogP contribution in [0.5, 0.6) is 0 Å². The number of amides is 2. The molecule has 2 radical (unpaired) electrons. The number of nitrogens with one attached hydrogen (secondary N) is 3. The molecule has 2 rings (SSSR count). The Hall–Kier alpha value is -1.35. The molecule has 1 aromatic heterocycles. The molecule has 0 saturated heterocycles. The van der Waals surface area contributed by atoms with Crippen LogP contribution < -0.4 is 15.4 Å². The SMILES string of the molecule is Cc1cccc(Nc2ccncc2S(=O)(=O)NC(=O)NC(C)C)c1.[Ca]. The van der Waals surface area contributed by atoms with Crippen LogP contribution in [0.4, 0.5) is 16.2 Å². The largest absolute Gasteiger partial charge is 0.354 e. The van der Waals surface area contributed by atoms with Gasteiger partial charge in [0.25, 0.3) is 10.0 Å². The number of rotatable bonds is 5. The maximum atomic E-state index is 12.5. The molecule has 130 valence electrons. The smallest absolute Gasteiger partial charge is 0.328 e. The van der Waals surface area contributed by atoms with Crippen LogP contribution >= 0.6 is 0 Å². The first-order valence-electron chi connectivity index (χ1n) is 7.39. The maximum absolute atomic E-state index is 12.5. The molecular formula is C16H20CaN4O3S. The van der Waals surface area contributed by atoms with Gasteiger partial charge in [0.15, 0.2) is 0 Å². The van der Waals surface area contributed by atoms with Crippen LogP contribution in [0.2, 0.25) is 0 Å². The van der Waals surface area contributed by atoms with Gasteiger partial charge in [-0.1, -0.05) is 12.1 Å². The zero-order chi connectivity index (χ0) is 17.7. The summed E-state index contributed by atoms with van der Waals surface area (Å²) in [5, 5.41) is 5.52. The summed E-state index contributed by atoms with van der Waals surface area (Å²) in [5.41, 5.74) is 2.11. The van der Waals surface area contributed by atoms with Crippen LogP contribution in [0.15, 0.2) is 47.6 Å². The van der Waals surface area contributed by atoms with E-state index in [0.717, 1.165) is 11.3 Å². The minimum Gasteiger partial charge on any atom is -0.354 e. The van der Waals surface area contributed by atoms with Crippen LogP contribution in [-0.4, -0.2) is 63.2 Å². The minimum atomic E-state index is -4.05. The van der Waals surface area contributed by atoms with E-state index >= 15 is 0 Å². The number of aromatic nitrogens is 1. The Labute approximate surface area is 177 Å². The topological polar surface area (TPSA) is 100 Å².